The number of aryl methyl sites for hydroxylation is 2. The van der Waals surface area contributed by atoms with Crippen molar-refractivity contribution in [1.82, 2.24) is 20.4 Å². The highest BCUT2D eigenvalue weighted by molar-refractivity contribution is 5.74. The number of carbonyl (C=O) groups excluding carboxylic acids is 1. The van der Waals surface area contributed by atoms with Gasteiger partial charge in [-0.2, -0.15) is 5.10 Å². The van der Waals surface area contributed by atoms with E-state index in [4.69, 9.17) is 0 Å². The zero-order chi connectivity index (χ0) is 18.7. The standard InChI is InChI=1S/C19H28N4O2/c1-14-8-6-7-9-16(14)18(2,3)12-20-17(24)21-13-19(4,25)15-10-22-23(5)11-15/h6-11,25H,12-13H2,1-5H3,(H2,20,21,24)/t19-/m1/s1. The number of nitrogens with one attached hydrogen (secondary N) is 2. The molecular formula is C19H28N4O2. The number of aliphatic hydroxyl groups is 1. The summed E-state index contributed by atoms with van der Waals surface area (Å²) in [7, 11) is 1.79. The van der Waals surface area contributed by atoms with Crippen molar-refractivity contribution in [3.8, 4) is 0 Å². The van der Waals surface area contributed by atoms with Crippen LogP contribution < -0.4 is 10.6 Å². The Morgan fingerprint density at radius 1 is 1.20 bits per heavy atom. The van der Waals surface area contributed by atoms with Gasteiger partial charge in [0.15, 0.2) is 0 Å². The van der Waals surface area contributed by atoms with E-state index in [9.17, 15) is 9.90 Å². The molecule has 0 saturated carbocycles. The topological polar surface area (TPSA) is 79.2 Å². The summed E-state index contributed by atoms with van der Waals surface area (Å²) in [5.74, 6) is 0. The zero-order valence-corrected chi connectivity index (χ0v) is 15.6. The molecule has 0 aliphatic heterocycles. The Morgan fingerprint density at radius 2 is 1.84 bits per heavy atom. The number of hydrogen-bond donors (Lipinski definition) is 3. The summed E-state index contributed by atoms with van der Waals surface area (Å²) in [6.07, 6.45) is 3.34. The van der Waals surface area contributed by atoms with Crippen LogP contribution in [0.15, 0.2) is 36.7 Å². The van der Waals surface area contributed by atoms with Crippen molar-refractivity contribution in [2.75, 3.05) is 13.1 Å². The quantitative estimate of drug-likeness (QED) is 0.752. The molecule has 0 aliphatic carbocycles. The lowest BCUT2D eigenvalue weighted by Crippen LogP contribution is -2.46. The van der Waals surface area contributed by atoms with Gasteiger partial charge in [-0.25, -0.2) is 4.79 Å². The Balaban J connectivity index is 1.89. The minimum absolute atomic E-state index is 0.106. The zero-order valence-electron chi connectivity index (χ0n) is 15.6. The van der Waals surface area contributed by atoms with Crippen LogP contribution in [0, 0.1) is 6.92 Å². The van der Waals surface area contributed by atoms with Crippen LogP contribution in [-0.4, -0.2) is 34.0 Å². The molecule has 1 aromatic heterocycles. The first kappa shape index (κ1) is 19.0. The monoisotopic (exact) mass is 344 g/mol. The molecule has 0 fully saturated rings. The molecule has 1 atom stereocenters. The minimum atomic E-state index is -1.17. The Bertz CT molecular complexity index is 735. The average Bonchev–Trinajstić information content (AvgIpc) is 2.99. The number of hydrogen-bond acceptors (Lipinski definition) is 3. The van der Waals surface area contributed by atoms with E-state index in [1.807, 2.05) is 12.1 Å². The fraction of sp³-hybridized carbons (Fsp3) is 0.474. The average molecular weight is 344 g/mol. The maximum absolute atomic E-state index is 12.1. The van der Waals surface area contributed by atoms with E-state index in [0.717, 1.165) is 0 Å². The Hall–Kier alpha value is -2.34. The lowest BCUT2D eigenvalue weighted by atomic mass is 9.82. The molecule has 0 unspecified atom stereocenters. The summed E-state index contributed by atoms with van der Waals surface area (Å²) in [6, 6.07) is 7.88. The minimum Gasteiger partial charge on any atom is -0.383 e. The van der Waals surface area contributed by atoms with Crippen molar-refractivity contribution in [2.24, 2.45) is 7.05 Å². The van der Waals surface area contributed by atoms with Crippen LogP contribution in [0.2, 0.25) is 0 Å². The number of urea groups is 1. The number of amides is 2. The van der Waals surface area contributed by atoms with Crippen LogP contribution in [0.25, 0.3) is 0 Å². The Labute approximate surface area is 149 Å². The molecule has 2 rings (SSSR count). The van der Waals surface area contributed by atoms with E-state index in [1.54, 1.807) is 31.0 Å². The van der Waals surface area contributed by atoms with Crippen molar-refractivity contribution in [2.45, 2.75) is 38.7 Å². The first-order valence-electron chi connectivity index (χ1n) is 8.41. The lowest BCUT2D eigenvalue weighted by molar-refractivity contribution is 0.0593. The van der Waals surface area contributed by atoms with Gasteiger partial charge in [0.05, 0.1) is 12.7 Å². The van der Waals surface area contributed by atoms with E-state index in [2.05, 4.69) is 48.6 Å². The Kier molecular flexibility index (Phi) is 5.52. The highest BCUT2D eigenvalue weighted by atomic mass is 16.3. The number of carbonyl (C=O) groups is 1. The lowest BCUT2D eigenvalue weighted by Gasteiger charge is -2.28. The van der Waals surface area contributed by atoms with E-state index >= 15 is 0 Å². The maximum Gasteiger partial charge on any atom is 0.314 e. The molecule has 1 heterocycles. The molecule has 0 bridgehead atoms. The van der Waals surface area contributed by atoms with Gasteiger partial charge in [-0.15, -0.1) is 0 Å². The smallest absolute Gasteiger partial charge is 0.314 e. The Morgan fingerprint density at radius 3 is 2.44 bits per heavy atom. The summed E-state index contributed by atoms with van der Waals surface area (Å²) in [5.41, 5.74) is 1.72. The van der Waals surface area contributed by atoms with Crippen molar-refractivity contribution in [1.29, 1.82) is 0 Å². The normalized spacial score (nSPS) is 14.0. The largest absolute Gasteiger partial charge is 0.383 e. The van der Waals surface area contributed by atoms with Gasteiger partial charge in [0.2, 0.25) is 0 Å². The van der Waals surface area contributed by atoms with Crippen molar-refractivity contribution in [3.63, 3.8) is 0 Å². The van der Waals surface area contributed by atoms with Gasteiger partial charge in [-0.3, -0.25) is 4.68 Å². The summed E-state index contributed by atoms with van der Waals surface area (Å²) < 4.78 is 1.62. The van der Waals surface area contributed by atoms with Crippen LogP contribution >= 0.6 is 0 Å². The molecule has 136 valence electrons. The molecule has 1 aromatic carbocycles. The molecule has 0 radical (unpaired) electrons. The van der Waals surface area contributed by atoms with Gasteiger partial charge >= 0.3 is 6.03 Å². The molecule has 3 N–H and O–H groups in total. The van der Waals surface area contributed by atoms with Crippen LogP contribution in [-0.2, 0) is 18.1 Å². The van der Waals surface area contributed by atoms with E-state index in [0.29, 0.717) is 12.1 Å². The SMILES string of the molecule is Cc1ccccc1C(C)(C)CNC(=O)NC[C@@](C)(O)c1cnn(C)c1. The summed E-state index contributed by atoms with van der Waals surface area (Å²) in [6.45, 7) is 8.53. The highest BCUT2D eigenvalue weighted by Gasteiger charge is 2.26. The first-order chi connectivity index (χ1) is 11.6. The summed E-state index contributed by atoms with van der Waals surface area (Å²) in [4.78, 5) is 12.1. The number of aromatic nitrogens is 2. The van der Waals surface area contributed by atoms with E-state index in [-0.39, 0.29) is 18.0 Å². The summed E-state index contributed by atoms with van der Waals surface area (Å²) in [5, 5.41) is 20.2. The van der Waals surface area contributed by atoms with Crippen molar-refractivity contribution < 1.29 is 9.90 Å². The fourth-order valence-electron chi connectivity index (χ4n) is 2.85. The van der Waals surface area contributed by atoms with Gasteiger partial charge in [0, 0.05) is 30.8 Å². The molecule has 2 aromatic rings. The third-order valence-electron chi connectivity index (χ3n) is 4.49. The predicted molar refractivity (Wildman–Crippen MR) is 98.4 cm³/mol. The van der Waals surface area contributed by atoms with Gasteiger partial charge in [-0.05, 0) is 25.0 Å². The van der Waals surface area contributed by atoms with Gasteiger partial charge in [-0.1, -0.05) is 38.1 Å². The van der Waals surface area contributed by atoms with E-state index in [1.165, 1.54) is 11.1 Å². The van der Waals surface area contributed by atoms with Gasteiger partial charge < -0.3 is 15.7 Å². The van der Waals surface area contributed by atoms with Crippen molar-refractivity contribution >= 4 is 6.03 Å². The maximum atomic E-state index is 12.1. The fourth-order valence-corrected chi connectivity index (χ4v) is 2.85. The van der Waals surface area contributed by atoms with Crippen LogP contribution in [0.3, 0.4) is 0 Å². The van der Waals surface area contributed by atoms with Gasteiger partial charge in [0.1, 0.15) is 5.60 Å². The van der Waals surface area contributed by atoms with E-state index < -0.39 is 5.60 Å². The second-order valence-electron chi connectivity index (χ2n) is 7.41. The second-order valence-corrected chi connectivity index (χ2v) is 7.41. The molecule has 25 heavy (non-hydrogen) atoms. The second kappa shape index (κ2) is 7.27. The molecule has 0 spiro atoms. The van der Waals surface area contributed by atoms with Crippen LogP contribution in [0.4, 0.5) is 4.79 Å². The third kappa shape index (κ3) is 4.82. The number of nitrogens with zero attached hydrogens (tertiary/aromatic N) is 2. The van der Waals surface area contributed by atoms with Crippen LogP contribution in [0.5, 0.6) is 0 Å². The van der Waals surface area contributed by atoms with Gasteiger partial charge in [0.25, 0.3) is 0 Å². The molecule has 0 saturated heterocycles. The van der Waals surface area contributed by atoms with Crippen molar-refractivity contribution in [3.05, 3.63) is 53.3 Å². The molecule has 2 amide bonds. The number of benzene rings is 1. The third-order valence-corrected chi connectivity index (χ3v) is 4.49. The summed E-state index contributed by atoms with van der Waals surface area (Å²) >= 11 is 0. The van der Waals surface area contributed by atoms with Crippen LogP contribution in [0.1, 0.15) is 37.5 Å². The molecule has 0 aliphatic rings. The molecule has 6 heteroatoms. The first-order valence-corrected chi connectivity index (χ1v) is 8.41. The molecule has 6 nitrogen and oxygen atoms in total. The molecular weight excluding hydrogens is 316 g/mol. The number of rotatable bonds is 6. The predicted octanol–water partition coefficient (Wildman–Crippen LogP) is 2.21. The highest BCUT2D eigenvalue weighted by Crippen LogP contribution is 2.25.